The summed E-state index contributed by atoms with van der Waals surface area (Å²) in [5.74, 6) is 1.50. The molecule has 0 aliphatic carbocycles. The molecule has 0 N–H and O–H groups in total. The Labute approximate surface area is 144 Å². The van der Waals surface area contributed by atoms with Crippen LogP contribution in [0.25, 0.3) is 0 Å². The zero-order chi connectivity index (χ0) is 17.7. The summed E-state index contributed by atoms with van der Waals surface area (Å²) in [6.45, 7) is 3.94. The van der Waals surface area contributed by atoms with Crippen LogP contribution in [-0.4, -0.2) is 34.9 Å². The minimum Gasteiger partial charge on any atom is -0.498 e. The third kappa shape index (κ3) is 3.71. The molecule has 126 valence electrons. The molecule has 0 bridgehead atoms. The Kier molecular flexibility index (Phi) is 5.53. The molecule has 0 unspecified atom stereocenters. The van der Waals surface area contributed by atoms with E-state index in [0.29, 0.717) is 0 Å². The van der Waals surface area contributed by atoms with Gasteiger partial charge in [-0.2, -0.15) is 0 Å². The van der Waals surface area contributed by atoms with Gasteiger partial charge in [0.25, 0.3) is 0 Å². The molecule has 0 fully saturated rings. The van der Waals surface area contributed by atoms with Crippen LogP contribution in [-0.2, 0) is 0 Å². The van der Waals surface area contributed by atoms with Crippen molar-refractivity contribution in [3.05, 3.63) is 73.8 Å². The van der Waals surface area contributed by atoms with Crippen LogP contribution in [0, 0.1) is 14.1 Å². The van der Waals surface area contributed by atoms with Crippen molar-refractivity contribution < 1.29 is 18.9 Å². The van der Waals surface area contributed by atoms with Gasteiger partial charge in [-0.25, -0.2) is 0 Å². The lowest BCUT2D eigenvalue weighted by atomic mass is 10.1. The number of hydroxylamine groups is 1. The first-order valence-electron chi connectivity index (χ1n) is 7.68. The summed E-state index contributed by atoms with van der Waals surface area (Å²) in [4.78, 5) is 5.99. The highest BCUT2D eigenvalue weighted by atomic mass is 16.7. The van der Waals surface area contributed by atoms with Gasteiger partial charge in [0, 0.05) is 23.9 Å². The lowest BCUT2D eigenvalue weighted by Crippen LogP contribution is -2.20. The molecule has 2 rings (SSSR count). The van der Waals surface area contributed by atoms with Gasteiger partial charge in [-0.05, 0) is 33.0 Å². The number of benzene rings is 2. The predicted octanol–water partition coefficient (Wildman–Crippen LogP) is 3.55. The van der Waals surface area contributed by atoms with E-state index in [2.05, 4.69) is 14.1 Å². The first kappa shape index (κ1) is 17.5. The molecular formula is C20H24N2O2. The second kappa shape index (κ2) is 7.59. The van der Waals surface area contributed by atoms with Crippen molar-refractivity contribution in [2.24, 2.45) is 0 Å². The molecule has 0 aliphatic rings. The molecule has 2 aromatic carbocycles. The van der Waals surface area contributed by atoms with Gasteiger partial charge in [0.2, 0.25) is 0 Å². The van der Waals surface area contributed by atoms with Crippen LogP contribution >= 0.6 is 0 Å². The Morgan fingerprint density at radius 3 is 1.88 bits per heavy atom. The average Bonchev–Trinajstić information content (AvgIpc) is 2.60. The minimum absolute atomic E-state index is 0.717. The Hall–Kier alpha value is -2.88. The zero-order valence-electron chi connectivity index (χ0n) is 14.7. The van der Waals surface area contributed by atoms with Crippen molar-refractivity contribution in [2.45, 2.75) is 13.8 Å². The molecule has 0 spiro atoms. The quantitative estimate of drug-likeness (QED) is 0.364. The molecule has 2 aromatic rings. The second-order valence-electron chi connectivity index (χ2n) is 5.53. The lowest BCUT2D eigenvalue weighted by Gasteiger charge is -2.15. The maximum absolute atomic E-state index is 5.99. The first-order chi connectivity index (χ1) is 11.5. The van der Waals surface area contributed by atoms with Crippen molar-refractivity contribution >= 4 is 11.4 Å². The van der Waals surface area contributed by atoms with Gasteiger partial charge in [0.15, 0.2) is 5.75 Å². The zero-order valence-corrected chi connectivity index (χ0v) is 14.7. The predicted molar refractivity (Wildman–Crippen MR) is 96.8 cm³/mol. The number of hydrogen-bond acceptors (Lipinski definition) is 2. The van der Waals surface area contributed by atoms with Gasteiger partial charge in [0.1, 0.15) is 12.8 Å². The van der Waals surface area contributed by atoms with E-state index < -0.39 is 0 Å². The summed E-state index contributed by atoms with van der Waals surface area (Å²) in [6, 6.07) is 15.6. The molecule has 0 amide bonds. The fraction of sp³-hybridized carbons (Fsp3) is 0.200. The molecule has 0 radical (unpaired) electrons. The van der Waals surface area contributed by atoms with Crippen LogP contribution in [0.1, 0.15) is 25.0 Å². The van der Waals surface area contributed by atoms with E-state index in [1.165, 1.54) is 4.74 Å². The Morgan fingerprint density at radius 2 is 1.33 bits per heavy atom. The Morgan fingerprint density at radius 1 is 0.833 bits per heavy atom. The second-order valence-corrected chi connectivity index (χ2v) is 5.53. The van der Waals surface area contributed by atoms with E-state index in [9.17, 15) is 0 Å². The molecule has 4 nitrogen and oxygen atoms in total. The van der Waals surface area contributed by atoms with Crippen LogP contribution in [0.3, 0.4) is 0 Å². The van der Waals surface area contributed by atoms with Crippen molar-refractivity contribution in [2.75, 3.05) is 14.2 Å². The minimum atomic E-state index is 0.717. The summed E-state index contributed by atoms with van der Waals surface area (Å²) in [5.41, 5.74) is 3.76. The summed E-state index contributed by atoms with van der Waals surface area (Å²) in [5, 5.41) is 0. The largest absolute Gasteiger partial charge is 0.498 e. The van der Waals surface area contributed by atoms with Crippen LogP contribution < -0.4 is 9.57 Å². The lowest BCUT2D eigenvalue weighted by molar-refractivity contribution is -0.699. The van der Waals surface area contributed by atoms with E-state index in [0.717, 1.165) is 34.0 Å². The van der Waals surface area contributed by atoms with Gasteiger partial charge in [-0.3, -0.25) is 4.84 Å². The first-order valence-corrected chi connectivity index (χ1v) is 7.68. The van der Waals surface area contributed by atoms with Crippen LogP contribution in [0.5, 0.6) is 11.5 Å². The van der Waals surface area contributed by atoms with E-state index in [-0.39, 0.29) is 0 Å². The topological polar surface area (TPSA) is 24.5 Å². The van der Waals surface area contributed by atoms with Gasteiger partial charge >= 0.3 is 0 Å². The van der Waals surface area contributed by atoms with E-state index >= 15 is 0 Å². The Bertz CT molecular complexity index is 788. The van der Waals surface area contributed by atoms with E-state index in [1.54, 1.807) is 7.11 Å². The van der Waals surface area contributed by atoms with E-state index in [1.807, 2.05) is 74.0 Å². The molecule has 0 aromatic heterocycles. The molecule has 0 aliphatic heterocycles. The number of nitrogens with zero attached hydrogens (tertiary/aromatic N) is 2. The molecule has 0 heterocycles. The molecule has 0 saturated carbocycles. The third-order valence-corrected chi connectivity index (χ3v) is 3.93. The maximum Gasteiger partial charge on any atom is 0.195 e. The average molecular weight is 324 g/mol. The number of para-hydroxylation sites is 2. The smallest absolute Gasteiger partial charge is 0.195 e. The summed E-state index contributed by atoms with van der Waals surface area (Å²) < 4.78 is 8.73. The van der Waals surface area contributed by atoms with Crippen molar-refractivity contribution in [3.8, 4) is 11.5 Å². The number of ether oxygens (including phenoxy) is 1. The van der Waals surface area contributed by atoms with Crippen LogP contribution in [0.4, 0.5) is 0 Å². The third-order valence-electron chi connectivity index (χ3n) is 3.93. The molecule has 0 saturated heterocycles. The van der Waals surface area contributed by atoms with Gasteiger partial charge in [-0.1, -0.05) is 36.4 Å². The highest BCUT2D eigenvalue weighted by molar-refractivity contribution is 5.98. The SMILES string of the molecule is [CH2-]/[N+](C)=C(/C)c1ccccc1O/[N+]([CH2-])=C(\C)c1ccccc1OC. The number of methoxy groups -OCH3 is 1. The van der Waals surface area contributed by atoms with Crippen LogP contribution in [0.15, 0.2) is 48.5 Å². The highest BCUT2D eigenvalue weighted by Gasteiger charge is 2.12. The van der Waals surface area contributed by atoms with Crippen molar-refractivity contribution in [1.29, 1.82) is 0 Å². The Balaban J connectivity index is 2.43. The summed E-state index contributed by atoms with van der Waals surface area (Å²) in [6.07, 6.45) is 0. The normalized spacial score (nSPS) is 13.0. The van der Waals surface area contributed by atoms with Gasteiger partial charge in [0.05, 0.1) is 12.8 Å². The fourth-order valence-electron chi connectivity index (χ4n) is 2.32. The number of hydrogen-bond donors (Lipinski definition) is 0. The standard InChI is InChI=1S/C20H24N2O2/c1-15(21(3)4)17-11-8-10-14-20(17)24-22(5)16(2)18-12-7-9-13-19(18)23-6/h7-14H,3,5H2,1-2,4,6H3. The molecular weight excluding hydrogens is 300 g/mol. The molecule has 4 heteroatoms. The summed E-state index contributed by atoms with van der Waals surface area (Å²) >= 11 is 0. The fourth-order valence-corrected chi connectivity index (χ4v) is 2.32. The van der Waals surface area contributed by atoms with Crippen LogP contribution in [0.2, 0.25) is 0 Å². The molecule has 24 heavy (non-hydrogen) atoms. The molecule has 0 atom stereocenters. The van der Waals surface area contributed by atoms with E-state index in [4.69, 9.17) is 9.57 Å². The highest BCUT2D eigenvalue weighted by Crippen LogP contribution is 2.21. The maximum atomic E-state index is 5.99. The van der Waals surface area contributed by atoms with Gasteiger partial charge < -0.3 is 9.31 Å². The summed E-state index contributed by atoms with van der Waals surface area (Å²) in [7, 11) is 11.5. The van der Waals surface area contributed by atoms with Gasteiger partial charge in [-0.15, -0.1) is 4.74 Å². The van der Waals surface area contributed by atoms with Crippen molar-refractivity contribution in [1.82, 2.24) is 0 Å². The van der Waals surface area contributed by atoms with Crippen molar-refractivity contribution in [3.63, 3.8) is 0 Å². The monoisotopic (exact) mass is 324 g/mol. The number of rotatable bonds is 5.